The molecule has 1 saturated heterocycles. The molecule has 1 unspecified atom stereocenters. The number of piperidine rings is 1. The van der Waals surface area contributed by atoms with Crippen LogP contribution in [0.25, 0.3) is 0 Å². The Hall–Kier alpha value is -1.85. The maximum atomic E-state index is 12.3. The molecule has 124 valence electrons. The minimum absolute atomic E-state index is 0.00672. The summed E-state index contributed by atoms with van der Waals surface area (Å²) in [7, 11) is 0. The second-order valence-electron chi connectivity index (χ2n) is 6.40. The number of rotatable bonds is 4. The molecule has 0 radical (unpaired) electrons. The van der Waals surface area contributed by atoms with Crippen molar-refractivity contribution < 1.29 is 23.9 Å². The van der Waals surface area contributed by atoms with Crippen molar-refractivity contribution in [1.29, 1.82) is 0 Å². The fourth-order valence-corrected chi connectivity index (χ4v) is 2.36. The van der Waals surface area contributed by atoms with Gasteiger partial charge in [0.1, 0.15) is 17.6 Å². The lowest BCUT2D eigenvalue weighted by molar-refractivity contribution is -0.163. The first-order valence-electron chi connectivity index (χ1n) is 7.45. The number of ether oxygens (including phenoxy) is 2. The number of nitrogens with zero attached hydrogens (tertiary/aromatic N) is 1. The van der Waals surface area contributed by atoms with E-state index in [1.807, 2.05) is 0 Å². The summed E-state index contributed by atoms with van der Waals surface area (Å²) in [6.45, 7) is 10.8. The van der Waals surface area contributed by atoms with E-state index >= 15 is 0 Å². The van der Waals surface area contributed by atoms with Gasteiger partial charge in [-0.05, 0) is 27.2 Å². The number of ketones is 1. The molecule has 1 heterocycles. The standard InChI is InChI=1S/C16H25NO5/c1-6-10-21-13(19)16(7-2)11-17(9-8-12(16)18)14(20)22-15(3,4)5/h6H,1,7-11H2,2-5H3. The van der Waals surface area contributed by atoms with Gasteiger partial charge in [-0.2, -0.15) is 0 Å². The van der Waals surface area contributed by atoms with Crippen LogP contribution in [-0.2, 0) is 19.1 Å². The van der Waals surface area contributed by atoms with E-state index in [1.54, 1.807) is 27.7 Å². The number of amides is 1. The fourth-order valence-electron chi connectivity index (χ4n) is 2.36. The third-order valence-corrected chi connectivity index (χ3v) is 3.58. The van der Waals surface area contributed by atoms with Gasteiger partial charge in [0.15, 0.2) is 5.78 Å². The summed E-state index contributed by atoms with van der Waals surface area (Å²) < 4.78 is 10.4. The number of esters is 1. The Bertz CT molecular complexity index is 466. The van der Waals surface area contributed by atoms with Crippen molar-refractivity contribution >= 4 is 17.8 Å². The maximum absolute atomic E-state index is 12.3. The monoisotopic (exact) mass is 311 g/mol. The van der Waals surface area contributed by atoms with E-state index in [0.717, 1.165) is 0 Å². The Morgan fingerprint density at radius 2 is 2.05 bits per heavy atom. The summed E-state index contributed by atoms with van der Waals surface area (Å²) in [5, 5.41) is 0. The van der Waals surface area contributed by atoms with Crippen LogP contribution in [0.5, 0.6) is 0 Å². The smallest absolute Gasteiger partial charge is 0.410 e. The Morgan fingerprint density at radius 3 is 2.55 bits per heavy atom. The van der Waals surface area contributed by atoms with E-state index in [1.165, 1.54) is 11.0 Å². The van der Waals surface area contributed by atoms with Gasteiger partial charge in [-0.25, -0.2) is 4.79 Å². The summed E-state index contributed by atoms with van der Waals surface area (Å²) in [5.74, 6) is -0.794. The lowest BCUT2D eigenvalue weighted by atomic mass is 9.76. The zero-order chi connectivity index (χ0) is 17.0. The molecule has 22 heavy (non-hydrogen) atoms. The van der Waals surface area contributed by atoms with Crippen LogP contribution in [0.2, 0.25) is 0 Å². The number of carbonyl (C=O) groups excluding carboxylic acids is 3. The molecule has 6 nitrogen and oxygen atoms in total. The Kier molecular flexibility index (Phi) is 5.74. The molecule has 0 spiro atoms. The molecule has 1 fully saturated rings. The van der Waals surface area contributed by atoms with Crippen LogP contribution in [0.3, 0.4) is 0 Å². The van der Waals surface area contributed by atoms with Crippen molar-refractivity contribution in [3.05, 3.63) is 12.7 Å². The Balaban J connectivity index is 2.92. The van der Waals surface area contributed by atoms with E-state index < -0.39 is 23.1 Å². The first-order chi connectivity index (χ1) is 10.2. The van der Waals surface area contributed by atoms with Crippen molar-refractivity contribution in [3.63, 3.8) is 0 Å². The molecule has 1 atom stereocenters. The first kappa shape index (κ1) is 18.2. The fraction of sp³-hybridized carbons (Fsp3) is 0.688. The average Bonchev–Trinajstić information content (AvgIpc) is 2.43. The molecule has 0 bridgehead atoms. The minimum Gasteiger partial charge on any atom is -0.461 e. The summed E-state index contributed by atoms with van der Waals surface area (Å²) in [6.07, 6.45) is 1.33. The third kappa shape index (κ3) is 4.08. The van der Waals surface area contributed by atoms with E-state index in [0.29, 0.717) is 0 Å². The normalized spacial score (nSPS) is 22.2. The lowest BCUT2D eigenvalue weighted by Gasteiger charge is -2.39. The molecule has 0 aromatic heterocycles. The van der Waals surface area contributed by atoms with Crippen molar-refractivity contribution in [1.82, 2.24) is 4.90 Å². The highest BCUT2D eigenvalue weighted by molar-refractivity contribution is 6.05. The number of Topliss-reactive ketones (excluding diaryl/α,β-unsaturated/α-hetero) is 1. The van der Waals surface area contributed by atoms with Crippen LogP contribution in [0.15, 0.2) is 12.7 Å². The van der Waals surface area contributed by atoms with Gasteiger partial charge < -0.3 is 14.4 Å². The second-order valence-corrected chi connectivity index (χ2v) is 6.40. The number of hydrogen-bond donors (Lipinski definition) is 0. The number of likely N-dealkylation sites (tertiary alicyclic amines) is 1. The SMILES string of the molecule is C=CCOC(=O)C1(CC)CN(C(=O)OC(C)(C)C)CCC1=O. The summed E-state index contributed by atoms with van der Waals surface area (Å²) in [6, 6.07) is 0. The third-order valence-electron chi connectivity index (χ3n) is 3.58. The minimum atomic E-state index is -1.31. The van der Waals surface area contributed by atoms with Crippen LogP contribution in [0, 0.1) is 5.41 Å². The second kappa shape index (κ2) is 6.94. The molecule has 1 rings (SSSR count). The molecule has 1 aliphatic rings. The summed E-state index contributed by atoms with van der Waals surface area (Å²) in [5.41, 5.74) is -1.94. The zero-order valence-corrected chi connectivity index (χ0v) is 13.8. The van der Waals surface area contributed by atoms with Crippen molar-refractivity contribution in [2.24, 2.45) is 5.41 Å². The van der Waals surface area contributed by atoms with E-state index in [4.69, 9.17) is 9.47 Å². The predicted octanol–water partition coefficient (Wildman–Crippen LogP) is 2.32. The molecular formula is C16H25NO5. The van der Waals surface area contributed by atoms with E-state index in [9.17, 15) is 14.4 Å². The molecule has 0 aromatic rings. The largest absolute Gasteiger partial charge is 0.461 e. The molecule has 0 N–H and O–H groups in total. The zero-order valence-electron chi connectivity index (χ0n) is 13.8. The van der Waals surface area contributed by atoms with E-state index in [-0.39, 0.29) is 38.3 Å². The summed E-state index contributed by atoms with van der Waals surface area (Å²) >= 11 is 0. The van der Waals surface area contributed by atoms with Crippen molar-refractivity contribution in [2.45, 2.75) is 46.1 Å². The van der Waals surface area contributed by atoms with Gasteiger partial charge in [0.25, 0.3) is 0 Å². The number of carbonyl (C=O) groups is 3. The van der Waals surface area contributed by atoms with Gasteiger partial charge in [-0.1, -0.05) is 19.6 Å². The van der Waals surface area contributed by atoms with Gasteiger partial charge >= 0.3 is 12.1 Å². The highest BCUT2D eigenvalue weighted by Crippen LogP contribution is 2.32. The predicted molar refractivity (Wildman–Crippen MR) is 81.3 cm³/mol. The summed E-state index contributed by atoms with van der Waals surface area (Å²) in [4.78, 5) is 38.2. The average molecular weight is 311 g/mol. The molecule has 0 aromatic carbocycles. The molecule has 0 saturated carbocycles. The van der Waals surface area contributed by atoms with Gasteiger partial charge in [0.05, 0.1) is 0 Å². The maximum Gasteiger partial charge on any atom is 0.410 e. The molecule has 1 aliphatic heterocycles. The lowest BCUT2D eigenvalue weighted by Crippen LogP contribution is -2.56. The topological polar surface area (TPSA) is 72.9 Å². The van der Waals surface area contributed by atoms with Gasteiger partial charge in [-0.15, -0.1) is 0 Å². The van der Waals surface area contributed by atoms with Gasteiger partial charge in [0, 0.05) is 19.5 Å². The number of hydrogen-bond acceptors (Lipinski definition) is 5. The van der Waals surface area contributed by atoms with Gasteiger partial charge in [0.2, 0.25) is 0 Å². The Labute approximate surface area is 131 Å². The molecule has 1 amide bonds. The molecule has 6 heteroatoms. The van der Waals surface area contributed by atoms with Crippen LogP contribution in [-0.4, -0.2) is 48.0 Å². The van der Waals surface area contributed by atoms with Crippen LogP contribution in [0.4, 0.5) is 4.79 Å². The van der Waals surface area contributed by atoms with Crippen LogP contribution >= 0.6 is 0 Å². The Morgan fingerprint density at radius 1 is 1.41 bits per heavy atom. The quantitative estimate of drug-likeness (QED) is 0.452. The molecule has 0 aliphatic carbocycles. The highest BCUT2D eigenvalue weighted by atomic mass is 16.6. The van der Waals surface area contributed by atoms with E-state index in [2.05, 4.69) is 6.58 Å². The highest BCUT2D eigenvalue weighted by Gasteiger charge is 2.50. The van der Waals surface area contributed by atoms with Crippen LogP contribution < -0.4 is 0 Å². The van der Waals surface area contributed by atoms with Crippen molar-refractivity contribution in [2.75, 3.05) is 19.7 Å². The first-order valence-corrected chi connectivity index (χ1v) is 7.45. The van der Waals surface area contributed by atoms with Crippen LogP contribution in [0.1, 0.15) is 40.5 Å². The molecular weight excluding hydrogens is 286 g/mol. The van der Waals surface area contributed by atoms with Gasteiger partial charge in [-0.3, -0.25) is 9.59 Å². The van der Waals surface area contributed by atoms with Crippen molar-refractivity contribution in [3.8, 4) is 0 Å².